The van der Waals surface area contributed by atoms with Gasteiger partial charge in [-0.2, -0.15) is 0 Å². The summed E-state index contributed by atoms with van der Waals surface area (Å²) in [6, 6.07) is 16.8. The van der Waals surface area contributed by atoms with Crippen LogP contribution in [-0.2, 0) is 16.1 Å². The van der Waals surface area contributed by atoms with Gasteiger partial charge < -0.3 is 9.47 Å². The van der Waals surface area contributed by atoms with Crippen LogP contribution in [0.3, 0.4) is 0 Å². The molecule has 0 fully saturated rings. The molecule has 1 aromatic heterocycles. The number of esters is 1. The molecule has 0 saturated carbocycles. The number of ether oxygens (including phenoxy) is 2. The van der Waals surface area contributed by atoms with Crippen molar-refractivity contribution in [2.75, 3.05) is 6.61 Å². The summed E-state index contributed by atoms with van der Waals surface area (Å²) in [5.74, 6) is -0.224. The lowest BCUT2D eigenvalue weighted by Gasteiger charge is -2.25. The van der Waals surface area contributed by atoms with Gasteiger partial charge in [0.15, 0.2) is 4.80 Å². The van der Waals surface area contributed by atoms with Crippen LogP contribution < -0.4 is 19.6 Å². The molecule has 0 N–H and O–H groups in total. The average Bonchev–Trinajstić information content (AvgIpc) is 3.22. The molecule has 3 aromatic carbocycles. The highest BCUT2D eigenvalue weighted by atomic mass is 35.5. The number of halogens is 4. The molecule has 210 valence electrons. The molecule has 41 heavy (non-hydrogen) atoms. The maximum absolute atomic E-state index is 14.0. The zero-order valence-corrected chi connectivity index (χ0v) is 25.6. The summed E-state index contributed by atoms with van der Waals surface area (Å²) < 4.78 is 13.2. The lowest BCUT2D eigenvalue weighted by atomic mass is 9.96. The molecule has 4 aromatic rings. The maximum Gasteiger partial charge on any atom is 0.338 e. The summed E-state index contributed by atoms with van der Waals surface area (Å²) in [5.41, 5.74) is 2.15. The number of fused-ring (bicyclic) bond motifs is 1. The smallest absolute Gasteiger partial charge is 0.338 e. The molecule has 11 heteroatoms. The lowest BCUT2D eigenvalue weighted by Crippen LogP contribution is -2.40. The normalized spacial score (nSPS) is 15.0. The zero-order chi connectivity index (χ0) is 29.3. The number of carbonyl (C=O) groups excluding carboxylic acids is 1. The Morgan fingerprint density at radius 3 is 2.44 bits per heavy atom. The van der Waals surface area contributed by atoms with Gasteiger partial charge in [-0.1, -0.05) is 94.1 Å². The van der Waals surface area contributed by atoms with Gasteiger partial charge in [0.25, 0.3) is 5.56 Å². The molecule has 0 aliphatic carbocycles. The minimum Gasteiger partial charge on any atom is -0.487 e. The highest BCUT2D eigenvalue weighted by molar-refractivity contribution is 7.07. The minimum absolute atomic E-state index is 0.151. The first-order valence-corrected chi connectivity index (χ1v) is 14.8. The Hall–Kier alpha value is -3.07. The number of hydrogen-bond acceptors (Lipinski definition) is 6. The van der Waals surface area contributed by atoms with Gasteiger partial charge in [0.1, 0.15) is 18.4 Å². The molecule has 0 spiro atoms. The lowest BCUT2D eigenvalue weighted by molar-refractivity contribution is -0.139. The average molecular weight is 648 g/mol. The number of aromatic nitrogens is 1. The summed E-state index contributed by atoms with van der Waals surface area (Å²) in [6.45, 7) is 3.75. The highest BCUT2D eigenvalue weighted by Gasteiger charge is 2.34. The van der Waals surface area contributed by atoms with Crippen LogP contribution in [0.15, 0.2) is 81.7 Å². The van der Waals surface area contributed by atoms with Gasteiger partial charge in [-0.25, -0.2) is 9.79 Å². The van der Waals surface area contributed by atoms with E-state index in [1.807, 2.05) is 18.2 Å². The van der Waals surface area contributed by atoms with E-state index in [-0.39, 0.29) is 29.4 Å². The van der Waals surface area contributed by atoms with Crippen LogP contribution in [0.4, 0.5) is 0 Å². The Morgan fingerprint density at radius 1 is 1.02 bits per heavy atom. The second-order valence-corrected chi connectivity index (χ2v) is 11.7. The Labute approximate surface area is 259 Å². The minimum atomic E-state index is -0.833. The molecule has 0 bridgehead atoms. The number of nitrogens with zero attached hydrogens (tertiary/aromatic N) is 2. The molecule has 0 saturated heterocycles. The van der Waals surface area contributed by atoms with E-state index in [1.54, 1.807) is 62.4 Å². The molecule has 5 rings (SSSR count). The standard InChI is InChI=1S/C30H22Cl4N2O4S/c1-3-39-29(38)25-16(2)35-30-36(26(25)20-9-5-7-11-22(20)33)28(37)24(41-30)13-18-12-19(31)14-23(34)27(18)40-15-17-8-4-6-10-21(17)32/h4-14,26H,3,15H2,1-2H3/b24-13-/t26-/m1/s1. The fourth-order valence-corrected chi connectivity index (χ4v) is 6.56. The van der Waals surface area contributed by atoms with Crippen molar-refractivity contribution in [2.45, 2.75) is 26.5 Å². The first-order chi connectivity index (χ1) is 19.7. The van der Waals surface area contributed by atoms with Crippen LogP contribution in [0.2, 0.25) is 20.1 Å². The van der Waals surface area contributed by atoms with Crippen molar-refractivity contribution >= 4 is 69.8 Å². The van der Waals surface area contributed by atoms with E-state index in [2.05, 4.69) is 4.99 Å². The maximum atomic E-state index is 14.0. The van der Waals surface area contributed by atoms with Gasteiger partial charge in [-0.05, 0) is 49.8 Å². The Kier molecular flexibility index (Phi) is 8.92. The first-order valence-electron chi connectivity index (χ1n) is 12.5. The van der Waals surface area contributed by atoms with Gasteiger partial charge in [0.2, 0.25) is 0 Å². The Bertz CT molecular complexity index is 1880. The first kappa shape index (κ1) is 29.4. The van der Waals surface area contributed by atoms with Crippen LogP contribution >= 0.6 is 57.7 Å². The molecule has 0 radical (unpaired) electrons. The van der Waals surface area contributed by atoms with Crippen molar-refractivity contribution in [1.82, 2.24) is 4.57 Å². The predicted molar refractivity (Wildman–Crippen MR) is 164 cm³/mol. The zero-order valence-electron chi connectivity index (χ0n) is 21.8. The van der Waals surface area contributed by atoms with Gasteiger partial charge in [0.05, 0.1) is 27.4 Å². The monoisotopic (exact) mass is 646 g/mol. The van der Waals surface area contributed by atoms with Gasteiger partial charge in [-0.15, -0.1) is 0 Å². The molecule has 1 aliphatic rings. The number of rotatable bonds is 7. The van der Waals surface area contributed by atoms with Crippen molar-refractivity contribution in [3.8, 4) is 5.75 Å². The van der Waals surface area contributed by atoms with Crippen molar-refractivity contribution in [1.29, 1.82) is 0 Å². The second kappa shape index (κ2) is 12.4. The summed E-state index contributed by atoms with van der Waals surface area (Å²) in [7, 11) is 0. The van der Waals surface area contributed by atoms with Crippen molar-refractivity contribution in [3.05, 3.63) is 128 Å². The van der Waals surface area contributed by atoms with Gasteiger partial charge >= 0.3 is 5.97 Å². The fraction of sp³-hybridized carbons (Fsp3) is 0.167. The van der Waals surface area contributed by atoms with E-state index in [0.717, 1.165) is 5.56 Å². The SMILES string of the molecule is CCOC(=O)C1=C(C)N=c2s/c(=C\c3cc(Cl)cc(Cl)c3OCc3ccccc3Cl)c(=O)n2[C@@H]1c1ccccc1Cl. The summed E-state index contributed by atoms with van der Waals surface area (Å²) in [4.78, 5) is 32.1. The van der Waals surface area contributed by atoms with Crippen molar-refractivity contribution in [2.24, 2.45) is 4.99 Å². The van der Waals surface area contributed by atoms with E-state index in [1.165, 1.54) is 15.9 Å². The molecule has 2 heterocycles. The van der Waals surface area contributed by atoms with Crippen LogP contribution in [0, 0.1) is 0 Å². The van der Waals surface area contributed by atoms with E-state index in [0.29, 0.717) is 47.0 Å². The third-order valence-corrected chi connectivity index (χ3v) is 8.57. The highest BCUT2D eigenvalue weighted by Crippen LogP contribution is 2.36. The predicted octanol–water partition coefficient (Wildman–Crippen LogP) is 6.99. The van der Waals surface area contributed by atoms with E-state index >= 15 is 0 Å². The van der Waals surface area contributed by atoms with Gasteiger partial charge in [-0.3, -0.25) is 9.36 Å². The number of hydrogen-bond donors (Lipinski definition) is 0. The fourth-order valence-electron chi connectivity index (χ4n) is 4.53. The quantitative estimate of drug-likeness (QED) is 0.203. The number of allylic oxidation sites excluding steroid dienone is 1. The van der Waals surface area contributed by atoms with E-state index in [4.69, 9.17) is 55.9 Å². The Balaban J connectivity index is 1.67. The molecule has 1 atom stereocenters. The molecule has 0 amide bonds. The molecule has 1 aliphatic heterocycles. The van der Waals surface area contributed by atoms with Crippen molar-refractivity contribution < 1.29 is 14.3 Å². The third-order valence-electron chi connectivity index (χ3n) is 6.37. The number of thiazole rings is 1. The summed E-state index contributed by atoms with van der Waals surface area (Å²) >= 11 is 26.9. The summed E-state index contributed by atoms with van der Waals surface area (Å²) in [6.07, 6.45) is 1.65. The summed E-state index contributed by atoms with van der Waals surface area (Å²) in [5, 5.41) is 1.60. The largest absolute Gasteiger partial charge is 0.487 e. The van der Waals surface area contributed by atoms with Crippen LogP contribution in [0.5, 0.6) is 5.75 Å². The second-order valence-electron chi connectivity index (χ2n) is 9.01. The van der Waals surface area contributed by atoms with E-state index < -0.39 is 12.0 Å². The molecular weight excluding hydrogens is 626 g/mol. The molecular formula is C30H22Cl4N2O4S. The molecule has 6 nitrogen and oxygen atoms in total. The van der Waals surface area contributed by atoms with Gasteiger partial charge in [0, 0.05) is 26.2 Å². The third kappa shape index (κ3) is 5.96. The van der Waals surface area contributed by atoms with Crippen LogP contribution in [0.25, 0.3) is 6.08 Å². The van der Waals surface area contributed by atoms with E-state index in [9.17, 15) is 9.59 Å². The number of carbonyl (C=O) groups is 1. The van der Waals surface area contributed by atoms with Crippen LogP contribution in [0.1, 0.15) is 36.6 Å². The van der Waals surface area contributed by atoms with Crippen LogP contribution in [-0.4, -0.2) is 17.1 Å². The Morgan fingerprint density at radius 2 is 1.73 bits per heavy atom. The topological polar surface area (TPSA) is 69.9 Å². The number of benzene rings is 3. The molecule has 0 unspecified atom stereocenters. The van der Waals surface area contributed by atoms with Crippen molar-refractivity contribution in [3.63, 3.8) is 0 Å².